The SMILES string of the molecule is CC[N+](C)(CC)CCC1=CC(C)(C)[N+](C)(C)C(C)(C)C1.[I-].[I-]. The molecule has 0 atom stereocenters. The fourth-order valence-electron chi connectivity index (χ4n) is 3.36. The van der Waals surface area contributed by atoms with Gasteiger partial charge in [0.05, 0.1) is 46.3 Å². The first-order chi connectivity index (χ1) is 8.91. The molecule has 1 rings (SSSR count). The molecule has 0 spiro atoms. The summed E-state index contributed by atoms with van der Waals surface area (Å²) in [4.78, 5) is 0. The second-order valence-electron chi connectivity index (χ2n) is 8.62. The molecule has 4 heteroatoms. The summed E-state index contributed by atoms with van der Waals surface area (Å²) < 4.78 is 2.26. The minimum absolute atomic E-state index is 0. The van der Waals surface area contributed by atoms with E-state index in [0.717, 1.165) is 4.48 Å². The van der Waals surface area contributed by atoms with Crippen molar-refractivity contribution in [3.63, 3.8) is 0 Å². The minimum Gasteiger partial charge on any atom is -1.00 e. The monoisotopic (exact) mass is 536 g/mol. The van der Waals surface area contributed by atoms with Gasteiger partial charge in [-0.05, 0) is 47.6 Å². The number of hydrogen-bond acceptors (Lipinski definition) is 0. The van der Waals surface area contributed by atoms with E-state index in [9.17, 15) is 0 Å². The molecule has 0 fully saturated rings. The molecule has 0 saturated carbocycles. The maximum absolute atomic E-state index is 2.56. The summed E-state index contributed by atoms with van der Waals surface area (Å²) in [6.07, 6.45) is 5.05. The van der Waals surface area contributed by atoms with Gasteiger partial charge in [-0.1, -0.05) is 5.57 Å². The lowest BCUT2D eigenvalue weighted by atomic mass is 9.77. The molecule has 0 saturated heterocycles. The van der Waals surface area contributed by atoms with Gasteiger partial charge in [-0.25, -0.2) is 0 Å². The highest BCUT2D eigenvalue weighted by Crippen LogP contribution is 2.42. The van der Waals surface area contributed by atoms with Crippen LogP contribution in [-0.2, 0) is 0 Å². The zero-order valence-corrected chi connectivity index (χ0v) is 20.6. The summed E-state index contributed by atoms with van der Waals surface area (Å²) in [5.41, 5.74) is 2.21. The first-order valence-corrected chi connectivity index (χ1v) is 8.29. The Kier molecular flexibility index (Phi) is 9.77. The number of hydrogen-bond donors (Lipinski definition) is 0. The largest absolute Gasteiger partial charge is 1.00 e. The van der Waals surface area contributed by atoms with Gasteiger partial charge in [-0.15, -0.1) is 0 Å². The summed E-state index contributed by atoms with van der Waals surface area (Å²) in [6.45, 7) is 18.0. The van der Waals surface area contributed by atoms with E-state index < -0.39 is 0 Å². The lowest BCUT2D eigenvalue weighted by Crippen LogP contribution is -3.00. The molecule has 0 amide bonds. The molecule has 0 aliphatic carbocycles. The smallest absolute Gasteiger partial charge is 0.112 e. The van der Waals surface area contributed by atoms with Crippen molar-refractivity contribution in [2.75, 3.05) is 40.8 Å². The summed E-state index contributed by atoms with van der Waals surface area (Å²) in [5.74, 6) is 0. The number of likely N-dealkylation sites (N-methyl/N-ethyl adjacent to an activating group) is 1. The van der Waals surface area contributed by atoms with Crippen LogP contribution in [0, 0.1) is 0 Å². The van der Waals surface area contributed by atoms with Crippen molar-refractivity contribution in [2.45, 2.75) is 65.5 Å². The van der Waals surface area contributed by atoms with Crippen LogP contribution < -0.4 is 48.0 Å². The van der Waals surface area contributed by atoms with Gasteiger partial charge in [0.25, 0.3) is 0 Å². The predicted molar refractivity (Wildman–Crippen MR) is 89.7 cm³/mol. The molecule has 134 valence electrons. The highest BCUT2D eigenvalue weighted by Gasteiger charge is 2.50. The maximum atomic E-state index is 2.56. The van der Waals surface area contributed by atoms with Crippen LogP contribution in [0.4, 0.5) is 0 Å². The van der Waals surface area contributed by atoms with Crippen LogP contribution in [0.5, 0.6) is 0 Å². The third-order valence-electron chi connectivity index (χ3n) is 6.67. The molecule has 1 aliphatic heterocycles. The fourth-order valence-corrected chi connectivity index (χ4v) is 3.36. The molecule has 22 heavy (non-hydrogen) atoms. The molecule has 1 heterocycles. The second-order valence-corrected chi connectivity index (χ2v) is 8.62. The van der Waals surface area contributed by atoms with Crippen molar-refractivity contribution in [1.29, 1.82) is 0 Å². The Bertz CT molecular complexity index is 381. The number of halogens is 2. The lowest BCUT2D eigenvalue weighted by Gasteiger charge is -2.56. The van der Waals surface area contributed by atoms with E-state index in [-0.39, 0.29) is 53.5 Å². The summed E-state index contributed by atoms with van der Waals surface area (Å²) >= 11 is 0. The van der Waals surface area contributed by atoms with Crippen LogP contribution in [0.2, 0.25) is 0 Å². The predicted octanol–water partition coefficient (Wildman–Crippen LogP) is -2.17. The van der Waals surface area contributed by atoms with E-state index in [4.69, 9.17) is 0 Å². The molecule has 0 N–H and O–H groups in total. The quantitative estimate of drug-likeness (QED) is 0.214. The van der Waals surface area contributed by atoms with Gasteiger partial charge in [0.15, 0.2) is 0 Å². The van der Waals surface area contributed by atoms with Gasteiger partial charge in [0.1, 0.15) is 5.54 Å². The molecular weight excluding hydrogens is 498 g/mol. The van der Waals surface area contributed by atoms with Crippen LogP contribution in [0.15, 0.2) is 11.6 Å². The maximum Gasteiger partial charge on any atom is 0.112 e. The average Bonchev–Trinajstić information content (AvgIpc) is 2.33. The van der Waals surface area contributed by atoms with Gasteiger partial charge in [-0.2, -0.15) is 0 Å². The van der Waals surface area contributed by atoms with Crippen LogP contribution in [0.3, 0.4) is 0 Å². The second kappa shape index (κ2) is 8.48. The molecule has 1 aliphatic rings. The normalized spacial score (nSPS) is 22.1. The first-order valence-electron chi connectivity index (χ1n) is 8.29. The van der Waals surface area contributed by atoms with Crippen LogP contribution in [0.1, 0.15) is 54.4 Å². The van der Waals surface area contributed by atoms with Crippen LogP contribution in [0.25, 0.3) is 0 Å². The number of rotatable bonds is 5. The summed E-state index contributed by atoms with van der Waals surface area (Å²) in [5, 5.41) is 0. The van der Waals surface area contributed by atoms with Gasteiger partial charge in [0, 0.05) is 12.8 Å². The standard InChI is InChI=1S/C18H38N2.2HI/c1-10-20(9,11-2)13-12-16-14-17(3,4)19(7,8)18(5,6)15-16;;/h14H,10-13,15H2,1-9H3;2*1H/q+2;;/p-2. The minimum atomic E-state index is 0. The van der Waals surface area contributed by atoms with Gasteiger partial charge in [0.2, 0.25) is 0 Å². The van der Waals surface area contributed by atoms with Crippen molar-refractivity contribution in [1.82, 2.24) is 0 Å². The molecule has 2 nitrogen and oxygen atoms in total. The zero-order valence-electron chi connectivity index (χ0n) is 16.3. The third-order valence-corrected chi connectivity index (χ3v) is 6.67. The van der Waals surface area contributed by atoms with Gasteiger partial charge in [-0.3, -0.25) is 0 Å². The number of quaternary nitrogens is 2. The molecule has 0 bridgehead atoms. The molecule has 0 unspecified atom stereocenters. The van der Waals surface area contributed by atoms with E-state index in [1.54, 1.807) is 5.57 Å². The highest BCUT2D eigenvalue weighted by molar-refractivity contribution is 5.16. The van der Waals surface area contributed by atoms with Crippen molar-refractivity contribution >= 4 is 0 Å². The van der Waals surface area contributed by atoms with E-state index in [2.05, 4.69) is 68.8 Å². The van der Waals surface area contributed by atoms with Crippen LogP contribution >= 0.6 is 0 Å². The number of nitrogens with zero attached hydrogens (tertiary/aromatic N) is 2. The highest BCUT2D eigenvalue weighted by atomic mass is 127. The van der Waals surface area contributed by atoms with E-state index in [0.29, 0.717) is 5.54 Å². The Balaban J connectivity index is 0. The Morgan fingerprint density at radius 1 is 1.05 bits per heavy atom. The van der Waals surface area contributed by atoms with Crippen LogP contribution in [-0.4, -0.2) is 60.8 Å². The van der Waals surface area contributed by atoms with Crippen molar-refractivity contribution in [2.24, 2.45) is 0 Å². The Morgan fingerprint density at radius 3 is 1.86 bits per heavy atom. The van der Waals surface area contributed by atoms with Crippen molar-refractivity contribution in [3.05, 3.63) is 11.6 Å². The topological polar surface area (TPSA) is 0 Å². The molecule has 0 radical (unpaired) electrons. The van der Waals surface area contributed by atoms with E-state index in [1.165, 1.54) is 37.0 Å². The third kappa shape index (κ3) is 5.06. The Hall–Kier alpha value is 1.12. The first kappa shape index (κ1) is 25.4. The molecular formula is C18H38I2N2. The van der Waals surface area contributed by atoms with Gasteiger partial charge >= 0.3 is 0 Å². The summed E-state index contributed by atoms with van der Waals surface area (Å²) in [7, 11) is 7.15. The van der Waals surface area contributed by atoms with Gasteiger partial charge < -0.3 is 56.9 Å². The molecule has 0 aromatic heterocycles. The average molecular weight is 536 g/mol. The fraction of sp³-hybridized carbons (Fsp3) is 0.889. The lowest BCUT2D eigenvalue weighted by molar-refractivity contribution is -0.976. The molecule has 0 aromatic carbocycles. The van der Waals surface area contributed by atoms with Crippen molar-refractivity contribution in [3.8, 4) is 0 Å². The van der Waals surface area contributed by atoms with E-state index in [1.807, 2.05) is 0 Å². The summed E-state index contributed by atoms with van der Waals surface area (Å²) in [6, 6.07) is 0. The van der Waals surface area contributed by atoms with E-state index >= 15 is 0 Å². The Morgan fingerprint density at radius 2 is 1.50 bits per heavy atom. The van der Waals surface area contributed by atoms with Crippen molar-refractivity contribution < 1.29 is 56.9 Å². The Labute approximate surface area is 173 Å². The molecule has 0 aromatic rings. The zero-order chi connectivity index (χ0) is 15.8.